The molecule has 0 radical (unpaired) electrons. The molecule has 4 nitrogen and oxygen atoms in total. The summed E-state index contributed by atoms with van der Waals surface area (Å²) in [6.07, 6.45) is 6.67. The summed E-state index contributed by atoms with van der Waals surface area (Å²) < 4.78 is 2.06. The molecule has 0 saturated heterocycles. The predicted octanol–water partition coefficient (Wildman–Crippen LogP) is 2.99. The van der Waals surface area contributed by atoms with Crippen LogP contribution in [-0.2, 0) is 12.5 Å². The molecule has 110 valence electrons. The Kier molecular flexibility index (Phi) is 2.65. The molecule has 0 aliphatic heterocycles. The van der Waals surface area contributed by atoms with Crippen LogP contribution >= 0.6 is 0 Å². The second-order valence-corrected chi connectivity index (χ2v) is 7.02. The molecule has 2 aliphatic carbocycles. The third-order valence-corrected chi connectivity index (χ3v) is 5.11. The normalized spacial score (nSPS) is 28.4. The summed E-state index contributed by atoms with van der Waals surface area (Å²) in [7, 11) is 2.04. The SMILES string of the molecule is CC1CC(c2cc(N)cc(C3CC3)c2)(c2nncn2C)C1. The average molecular weight is 282 g/mol. The van der Waals surface area contributed by atoms with Crippen molar-refractivity contribution >= 4 is 5.69 Å². The van der Waals surface area contributed by atoms with E-state index in [0.717, 1.165) is 36.2 Å². The Labute approximate surface area is 125 Å². The maximum Gasteiger partial charge on any atom is 0.143 e. The van der Waals surface area contributed by atoms with Crippen LogP contribution in [0.5, 0.6) is 0 Å². The summed E-state index contributed by atoms with van der Waals surface area (Å²) in [6, 6.07) is 6.66. The molecule has 2 aliphatic rings. The van der Waals surface area contributed by atoms with Crippen molar-refractivity contribution in [3.8, 4) is 0 Å². The minimum Gasteiger partial charge on any atom is -0.399 e. The van der Waals surface area contributed by atoms with E-state index in [2.05, 4.69) is 39.9 Å². The maximum absolute atomic E-state index is 6.18. The van der Waals surface area contributed by atoms with Crippen molar-refractivity contribution in [1.29, 1.82) is 0 Å². The highest BCUT2D eigenvalue weighted by atomic mass is 15.3. The molecule has 0 bridgehead atoms. The van der Waals surface area contributed by atoms with Gasteiger partial charge in [0.05, 0.1) is 5.41 Å². The molecule has 2 aromatic rings. The summed E-state index contributed by atoms with van der Waals surface area (Å²) >= 11 is 0. The van der Waals surface area contributed by atoms with E-state index in [0.29, 0.717) is 0 Å². The number of benzene rings is 1. The summed E-state index contributed by atoms with van der Waals surface area (Å²) in [5, 5.41) is 8.51. The Morgan fingerprint density at radius 3 is 2.57 bits per heavy atom. The second-order valence-electron chi connectivity index (χ2n) is 7.02. The van der Waals surface area contributed by atoms with Crippen LogP contribution in [0.2, 0.25) is 0 Å². The molecule has 4 heteroatoms. The van der Waals surface area contributed by atoms with E-state index >= 15 is 0 Å². The monoisotopic (exact) mass is 282 g/mol. The van der Waals surface area contributed by atoms with Crippen LogP contribution < -0.4 is 5.73 Å². The highest BCUT2D eigenvalue weighted by Crippen LogP contribution is 2.53. The van der Waals surface area contributed by atoms with Gasteiger partial charge in [0.1, 0.15) is 12.2 Å². The van der Waals surface area contributed by atoms with Crippen LogP contribution in [0.15, 0.2) is 24.5 Å². The second kappa shape index (κ2) is 4.33. The molecule has 0 atom stereocenters. The summed E-state index contributed by atoms with van der Waals surface area (Å²) in [6.45, 7) is 2.31. The number of hydrogen-bond donors (Lipinski definition) is 1. The number of aryl methyl sites for hydroxylation is 1. The summed E-state index contributed by atoms with van der Waals surface area (Å²) in [5.74, 6) is 2.53. The van der Waals surface area contributed by atoms with E-state index in [-0.39, 0.29) is 5.41 Å². The molecule has 21 heavy (non-hydrogen) atoms. The first-order chi connectivity index (χ1) is 10.1. The highest BCUT2D eigenvalue weighted by molar-refractivity contribution is 5.51. The predicted molar refractivity (Wildman–Crippen MR) is 83.0 cm³/mol. The fraction of sp³-hybridized carbons (Fsp3) is 0.529. The standard InChI is InChI=1S/C17H22N4/c1-11-8-17(9-11,16-20-19-10-21(16)2)14-5-13(12-3-4-12)6-15(18)7-14/h5-7,10-12H,3-4,8-9,18H2,1-2H3. The molecule has 1 aromatic heterocycles. The topological polar surface area (TPSA) is 56.7 Å². The molecule has 1 heterocycles. The number of rotatable bonds is 3. The Bertz CT molecular complexity index is 678. The van der Waals surface area contributed by atoms with Gasteiger partial charge in [-0.2, -0.15) is 0 Å². The maximum atomic E-state index is 6.18. The van der Waals surface area contributed by atoms with Crippen LogP contribution in [0.25, 0.3) is 0 Å². The molecule has 0 spiro atoms. The van der Waals surface area contributed by atoms with Crippen molar-refractivity contribution in [2.45, 2.75) is 43.9 Å². The fourth-order valence-electron chi connectivity index (χ4n) is 4.00. The van der Waals surface area contributed by atoms with Gasteiger partial charge in [-0.15, -0.1) is 10.2 Å². The molecular weight excluding hydrogens is 260 g/mol. The zero-order valence-electron chi connectivity index (χ0n) is 12.7. The van der Waals surface area contributed by atoms with Crippen LogP contribution in [0.4, 0.5) is 5.69 Å². The zero-order chi connectivity index (χ0) is 14.6. The van der Waals surface area contributed by atoms with Crippen molar-refractivity contribution < 1.29 is 0 Å². The van der Waals surface area contributed by atoms with E-state index in [4.69, 9.17) is 5.73 Å². The Hall–Kier alpha value is -1.84. The summed E-state index contributed by atoms with van der Waals surface area (Å²) in [4.78, 5) is 0. The van der Waals surface area contributed by atoms with Gasteiger partial charge in [0.2, 0.25) is 0 Å². The van der Waals surface area contributed by atoms with Crippen molar-refractivity contribution in [3.63, 3.8) is 0 Å². The smallest absolute Gasteiger partial charge is 0.143 e. The number of nitrogen functional groups attached to an aromatic ring is 1. The number of nitrogens with two attached hydrogens (primary N) is 1. The van der Waals surface area contributed by atoms with Gasteiger partial charge in [-0.25, -0.2) is 0 Å². The largest absolute Gasteiger partial charge is 0.399 e. The lowest BCUT2D eigenvalue weighted by Gasteiger charge is -2.46. The first-order valence-corrected chi connectivity index (χ1v) is 7.84. The van der Waals surface area contributed by atoms with E-state index in [1.165, 1.54) is 24.0 Å². The van der Waals surface area contributed by atoms with Gasteiger partial charge in [0, 0.05) is 12.7 Å². The third-order valence-electron chi connectivity index (χ3n) is 5.11. The molecule has 0 unspecified atom stereocenters. The molecule has 0 amide bonds. The zero-order valence-corrected chi connectivity index (χ0v) is 12.7. The van der Waals surface area contributed by atoms with Gasteiger partial charge in [-0.05, 0) is 60.8 Å². The fourth-order valence-corrected chi connectivity index (χ4v) is 4.00. The van der Waals surface area contributed by atoms with Gasteiger partial charge < -0.3 is 10.3 Å². The van der Waals surface area contributed by atoms with Gasteiger partial charge in [-0.3, -0.25) is 0 Å². The van der Waals surface area contributed by atoms with Gasteiger partial charge in [0.25, 0.3) is 0 Å². The van der Waals surface area contributed by atoms with Crippen molar-refractivity contribution in [2.24, 2.45) is 13.0 Å². The molecule has 1 aromatic carbocycles. The number of aromatic nitrogens is 3. The van der Waals surface area contributed by atoms with E-state index in [9.17, 15) is 0 Å². The first-order valence-electron chi connectivity index (χ1n) is 7.84. The van der Waals surface area contributed by atoms with E-state index < -0.39 is 0 Å². The minimum atomic E-state index is 0.00366. The lowest BCUT2D eigenvalue weighted by Crippen LogP contribution is -2.43. The molecule has 4 rings (SSSR count). The van der Waals surface area contributed by atoms with Crippen LogP contribution in [0.1, 0.15) is 55.5 Å². The van der Waals surface area contributed by atoms with Gasteiger partial charge >= 0.3 is 0 Å². The Morgan fingerprint density at radius 2 is 2.00 bits per heavy atom. The van der Waals surface area contributed by atoms with Gasteiger partial charge in [0.15, 0.2) is 0 Å². The highest BCUT2D eigenvalue weighted by Gasteiger charge is 2.48. The average Bonchev–Trinajstić information content (AvgIpc) is 3.17. The summed E-state index contributed by atoms with van der Waals surface area (Å²) in [5.41, 5.74) is 9.81. The quantitative estimate of drug-likeness (QED) is 0.880. The Morgan fingerprint density at radius 1 is 1.24 bits per heavy atom. The van der Waals surface area contributed by atoms with E-state index in [1.54, 1.807) is 6.33 Å². The van der Waals surface area contributed by atoms with Crippen LogP contribution in [0.3, 0.4) is 0 Å². The van der Waals surface area contributed by atoms with Crippen LogP contribution in [0, 0.1) is 5.92 Å². The number of hydrogen-bond acceptors (Lipinski definition) is 3. The third kappa shape index (κ3) is 1.96. The van der Waals surface area contributed by atoms with Crippen molar-refractivity contribution in [2.75, 3.05) is 5.73 Å². The van der Waals surface area contributed by atoms with E-state index in [1.807, 2.05) is 7.05 Å². The first kappa shape index (κ1) is 12.9. The Balaban J connectivity index is 1.83. The number of nitrogens with zero attached hydrogens (tertiary/aromatic N) is 3. The van der Waals surface area contributed by atoms with Gasteiger partial charge in [-0.1, -0.05) is 13.0 Å². The lowest BCUT2D eigenvalue weighted by atomic mass is 9.58. The molecule has 2 saturated carbocycles. The van der Waals surface area contributed by atoms with Crippen molar-refractivity contribution in [1.82, 2.24) is 14.8 Å². The minimum absolute atomic E-state index is 0.00366. The van der Waals surface area contributed by atoms with Crippen molar-refractivity contribution in [3.05, 3.63) is 41.5 Å². The molecular formula is C17H22N4. The lowest BCUT2D eigenvalue weighted by molar-refractivity contribution is 0.185. The van der Waals surface area contributed by atoms with Crippen LogP contribution in [-0.4, -0.2) is 14.8 Å². The molecule has 2 N–H and O–H groups in total. The number of anilines is 1. The molecule has 2 fully saturated rings.